The molecule has 5 nitrogen and oxygen atoms in total. The Morgan fingerprint density at radius 3 is 2.45 bits per heavy atom. The van der Waals surface area contributed by atoms with Crippen molar-refractivity contribution in [1.29, 1.82) is 0 Å². The van der Waals surface area contributed by atoms with Crippen molar-refractivity contribution in [3.8, 4) is 5.75 Å². The fraction of sp³-hybridized carbons (Fsp3) is 0.407. The molecule has 3 aromatic rings. The number of methoxy groups -OCH3 is 1. The lowest BCUT2D eigenvalue weighted by atomic mass is 9.94. The zero-order valence-electron chi connectivity index (χ0n) is 19.6. The zero-order chi connectivity index (χ0) is 22.9. The number of ether oxygens (including phenoxy) is 1. The van der Waals surface area contributed by atoms with Gasteiger partial charge in [-0.2, -0.15) is 0 Å². The van der Waals surface area contributed by atoms with Gasteiger partial charge in [0, 0.05) is 29.3 Å². The molecular formula is C27H32N4OS. The average Bonchev–Trinajstić information content (AvgIpc) is 3.35. The first-order chi connectivity index (χ1) is 16.1. The summed E-state index contributed by atoms with van der Waals surface area (Å²) in [7, 11) is 1.69. The fourth-order valence-corrected chi connectivity index (χ4v) is 6.04. The third-order valence-corrected chi connectivity index (χ3v) is 7.55. The van der Waals surface area contributed by atoms with Gasteiger partial charge < -0.3 is 19.5 Å². The summed E-state index contributed by atoms with van der Waals surface area (Å²) >= 11 is 5.89. The number of hydrogen-bond acceptors (Lipinski definition) is 3. The smallest absolute Gasteiger partial charge is 0.174 e. The largest absolute Gasteiger partial charge is 0.497 e. The molecule has 0 bridgehead atoms. The van der Waals surface area contributed by atoms with Crippen LogP contribution in [0.1, 0.15) is 72.9 Å². The molecule has 1 aliphatic heterocycles. The lowest BCUT2D eigenvalue weighted by molar-refractivity contribution is 0.345. The van der Waals surface area contributed by atoms with Crippen molar-refractivity contribution >= 4 is 23.0 Å². The molecule has 0 spiro atoms. The Morgan fingerprint density at radius 1 is 1.03 bits per heavy atom. The summed E-state index contributed by atoms with van der Waals surface area (Å²) in [5, 5.41) is 4.31. The van der Waals surface area contributed by atoms with E-state index < -0.39 is 0 Å². The van der Waals surface area contributed by atoms with Gasteiger partial charge in [-0.1, -0.05) is 25.3 Å². The Morgan fingerprint density at radius 2 is 1.79 bits per heavy atom. The Hall–Kier alpha value is -2.86. The fourth-order valence-electron chi connectivity index (χ4n) is 5.69. The molecule has 2 aromatic heterocycles. The highest BCUT2D eigenvalue weighted by atomic mass is 32.1. The van der Waals surface area contributed by atoms with E-state index in [0.717, 1.165) is 22.2 Å². The maximum atomic E-state index is 5.89. The van der Waals surface area contributed by atoms with E-state index in [1.807, 2.05) is 30.5 Å². The SMILES string of the molecule is COc1ccc(N2C(=S)N[C@@H](c3ccccn3)[C@@H]2c2cc(C)n(C3CCCCC3)c2C)cc1. The topological polar surface area (TPSA) is 42.3 Å². The number of aryl methyl sites for hydroxylation is 1. The molecule has 5 rings (SSSR count). The summed E-state index contributed by atoms with van der Waals surface area (Å²) in [6.07, 6.45) is 8.39. The van der Waals surface area contributed by atoms with Crippen LogP contribution in [0.2, 0.25) is 0 Å². The monoisotopic (exact) mass is 460 g/mol. The first-order valence-corrected chi connectivity index (χ1v) is 12.3. The first-order valence-electron chi connectivity index (χ1n) is 11.9. The first kappa shape index (κ1) is 22.0. The van der Waals surface area contributed by atoms with Crippen LogP contribution in [0.25, 0.3) is 0 Å². The summed E-state index contributed by atoms with van der Waals surface area (Å²) in [5.74, 6) is 0.838. The average molecular weight is 461 g/mol. The van der Waals surface area contributed by atoms with Crippen molar-refractivity contribution in [3.63, 3.8) is 0 Å². The van der Waals surface area contributed by atoms with Gasteiger partial charge in [-0.3, -0.25) is 4.98 Å². The second-order valence-electron chi connectivity index (χ2n) is 9.18. The summed E-state index contributed by atoms with van der Waals surface area (Å²) in [4.78, 5) is 6.95. The molecule has 1 aromatic carbocycles. The number of pyridine rings is 1. The normalized spacial score (nSPS) is 21.3. The quantitative estimate of drug-likeness (QED) is 0.460. The van der Waals surface area contributed by atoms with Crippen LogP contribution in [-0.4, -0.2) is 21.8 Å². The summed E-state index contributed by atoms with van der Waals surface area (Å²) in [5.41, 5.74) is 6.05. The van der Waals surface area contributed by atoms with Crippen molar-refractivity contribution in [2.75, 3.05) is 12.0 Å². The van der Waals surface area contributed by atoms with Gasteiger partial charge in [-0.05, 0) is 86.9 Å². The van der Waals surface area contributed by atoms with E-state index in [0.29, 0.717) is 6.04 Å². The van der Waals surface area contributed by atoms with Crippen LogP contribution < -0.4 is 15.0 Å². The van der Waals surface area contributed by atoms with Gasteiger partial charge in [0.25, 0.3) is 0 Å². The van der Waals surface area contributed by atoms with E-state index >= 15 is 0 Å². The van der Waals surface area contributed by atoms with E-state index in [2.05, 4.69) is 52.9 Å². The second kappa shape index (κ2) is 9.18. The molecular weight excluding hydrogens is 428 g/mol. The molecule has 1 saturated heterocycles. The van der Waals surface area contributed by atoms with Crippen molar-refractivity contribution in [2.45, 2.75) is 64.1 Å². The van der Waals surface area contributed by atoms with E-state index in [1.165, 1.54) is 49.1 Å². The van der Waals surface area contributed by atoms with E-state index in [-0.39, 0.29) is 12.1 Å². The van der Waals surface area contributed by atoms with E-state index in [4.69, 9.17) is 21.9 Å². The number of anilines is 1. The third kappa shape index (κ3) is 4.01. The minimum Gasteiger partial charge on any atom is -0.497 e. The molecule has 1 N–H and O–H groups in total. The highest BCUT2D eigenvalue weighted by molar-refractivity contribution is 7.80. The highest BCUT2D eigenvalue weighted by Gasteiger charge is 2.42. The summed E-state index contributed by atoms with van der Waals surface area (Å²) in [6.45, 7) is 4.53. The maximum absolute atomic E-state index is 5.89. The van der Waals surface area contributed by atoms with Crippen LogP contribution >= 0.6 is 12.2 Å². The van der Waals surface area contributed by atoms with Crippen LogP contribution in [0.15, 0.2) is 54.7 Å². The maximum Gasteiger partial charge on any atom is 0.174 e. The molecule has 0 radical (unpaired) electrons. The molecule has 2 aliphatic rings. The Bertz CT molecular complexity index is 1120. The summed E-state index contributed by atoms with van der Waals surface area (Å²) < 4.78 is 7.97. The molecule has 33 heavy (non-hydrogen) atoms. The number of benzene rings is 1. The van der Waals surface area contributed by atoms with E-state index in [1.54, 1.807) is 7.11 Å². The molecule has 1 aliphatic carbocycles. The minimum atomic E-state index is -0.0268. The van der Waals surface area contributed by atoms with Gasteiger partial charge in [-0.25, -0.2) is 0 Å². The van der Waals surface area contributed by atoms with Crippen molar-refractivity contribution in [3.05, 3.63) is 77.4 Å². The minimum absolute atomic E-state index is 0.0179. The lowest BCUT2D eigenvalue weighted by Crippen LogP contribution is -2.29. The predicted octanol–water partition coefficient (Wildman–Crippen LogP) is 6.19. The van der Waals surface area contributed by atoms with Crippen LogP contribution in [0, 0.1) is 13.8 Å². The van der Waals surface area contributed by atoms with Gasteiger partial charge in [0.05, 0.1) is 24.9 Å². The molecule has 0 amide bonds. The van der Waals surface area contributed by atoms with Crippen molar-refractivity contribution in [1.82, 2.24) is 14.9 Å². The van der Waals surface area contributed by atoms with Gasteiger partial charge in [0.2, 0.25) is 0 Å². The zero-order valence-corrected chi connectivity index (χ0v) is 20.4. The predicted molar refractivity (Wildman–Crippen MR) is 137 cm³/mol. The third-order valence-electron chi connectivity index (χ3n) is 7.23. The van der Waals surface area contributed by atoms with Crippen LogP contribution in [0.5, 0.6) is 5.75 Å². The van der Waals surface area contributed by atoms with Crippen LogP contribution in [0.3, 0.4) is 0 Å². The van der Waals surface area contributed by atoms with Gasteiger partial charge >= 0.3 is 0 Å². The molecule has 172 valence electrons. The molecule has 1 saturated carbocycles. The number of thiocarbonyl (C=S) groups is 1. The number of rotatable bonds is 5. The van der Waals surface area contributed by atoms with Crippen molar-refractivity contribution < 1.29 is 4.74 Å². The van der Waals surface area contributed by atoms with Crippen molar-refractivity contribution in [2.24, 2.45) is 0 Å². The van der Waals surface area contributed by atoms with Gasteiger partial charge in [0.1, 0.15) is 5.75 Å². The number of hydrogen-bond donors (Lipinski definition) is 1. The molecule has 0 unspecified atom stereocenters. The molecule has 6 heteroatoms. The Labute approximate surface area is 201 Å². The molecule has 2 fully saturated rings. The second-order valence-corrected chi connectivity index (χ2v) is 9.57. The highest BCUT2D eigenvalue weighted by Crippen LogP contribution is 2.44. The number of nitrogens with one attached hydrogen (secondary N) is 1. The Kier molecular flexibility index (Phi) is 6.11. The standard InChI is InChI=1S/C27H32N4OS/c1-18-17-23(19(2)30(18)20-9-5-4-6-10-20)26-25(24-11-7-8-16-28-24)29-27(33)31(26)21-12-14-22(32-3)15-13-21/h7-8,11-17,20,25-26H,4-6,9-10H2,1-3H3,(H,29,33)/t25-,26-/m0/s1. The summed E-state index contributed by atoms with van der Waals surface area (Å²) in [6, 6.07) is 17.2. The lowest BCUT2D eigenvalue weighted by Gasteiger charge is -2.30. The van der Waals surface area contributed by atoms with Gasteiger partial charge in [-0.15, -0.1) is 0 Å². The Balaban J connectivity index is 1.61. The van der Waals surface area contributed by atoms with Crippen LogP contribution in [-0.2, 0) is 0 Å². The van der Waals surface area contributed by atoms with E-state index in [9.17, 15) is 0 Å². The number of nitrogens with zero attached hydrogens (tertiary/aromatic N) is 3. The number of aromatic nitrogens is 2. The molecule has 2 atom stereocenters. The van der Waals surface area contributed by atoms with Gasteiger partial charge in [0.15, 0.2) is 5.11 Å². The van der Waals surface area contributed by atoms with Crippen LogP contribution in [0.4, 0.5) is 5.69 Å². The molecule has 3 heterocycles.